The second-order valence-corrected chi connectivity index (χ2v) is 6.81. The van der Waals surface area contributed by atoms with Crippen LogP contribution in [0.5, 0.6) is 0 Å². The predicted molar refractivity (Wildman–Crippen MR) is 122 cm³/mol. The highest BCUT2D eigenvalue weighted by atomic mass is 16.6. The van der Waals surface area contributed by atoms with Gasteiger partial charge in [0.1, 0.15) is 13.2 Å². The molecule has 0 bridgehead atoms. The number of nitrogens with one attached hydrogen (secondary N) is 2. The molecule has 0 heterocycles. The lowest BCUT2D eigenvalue weighted by Crippen LogP contribution is -2.28. The van der Waals surface area contributed by atoms with Crippen LogP contribution in [0.1, 0.15) is 11.1 Å². The number of amides is 2. The second kappa shape index (κ2) is 17.4. The fourth-order valence-electron chi connectivity index (χ4n) is 2.54. The Kier molecular flexibility index (Phi) is 13.8. The van der Waals surface area contributed by atoms with Gasteiger partial charge in [0.05, 0.1) is 39.6 Å². The lowest BCUT2D eigenvalue weighted by molar-refractivity contribution is 0.0155. The Morgan fingerprint density at radius 2 is 0.909 bits per heavy atom. The summed E-state index contributed by atoms with van der Waals surface area (Å²) in [5, 5.41) is 5.24. The number of carbonyl (C=O) groups is 2. The van der Waals surface area contributed by atoms with Crippen molar-refractivity contribution in [3.05, 3.63) is 71.8 Å². The summed E-state index contributed by atoms with van der Waals surface area (Å²) in [6.07, 6.45) is -0.954. The number of hydrogen-bond acceptors (Lipinski definition) is 7. The first-order valence-electron chi connectivity index (χ1n) is 10.9. The van der Waals surface area contributed by atoms with Crippen LogP contribution in [0.4, 0.5) is 9.59 Å². The third-order valence-corrected chi connectivity index (χ3v) is 4.20. The van der Waals surface area contributed by atoms with E-state index in [2.05, 4.69) is 10.6 Å². The van der Waals surface area contributed by atoms with Gasteiger partial charge in [-0.2, -0.15) is 0 Å². The van der Waals surface area contributed by atoms with Crippen LogP contribution in [-0.4, -0.2) is 64.9 Å². The highest BCUT2D eigenvalue weighted by Gasteiger charge is 2.03. The van der Waals surface area contributed by atoms with Crippen molar-refractivity contribution in [1.82, 2.24) is 10.6 Å². The van der Waals surface area contributed by atoms with Crippen molar-refractivity contribution in [2.24, 2.45) is 0 Å². The summed E-state index contributed by atoms with van der Waals surface area (Å²) in [5.74, 6) is 0. The molecule has 0 saturated carbocycles. The fourth-order valence-corrected chi connectivity index (χ4v) is 2.54. The van der Waals surface area contributed by atoms with Crippen LogP contribution in [0.15, 0.2) is 60.7 Å². The summed E-state index contributed by atoms with van der Waals surface area (Å²) < 4.78 is 26.3. The van der Waals surface area contributed by atoms with Crippen LogP contribution in [0.25, 0.3) is 0 Å². The van der Waals surface area contributed by atoms with E-state index < -0.39 is 12.2 Å². The quantitative estimate of drug-likeness (QED) is 0.371. The lowest BCUT2D eigenvalue weighted by atomic mass is 10.2. The van der Waals surface area contributed by atoms with Gasteiger partial charge >= 0.3 is 12.2 Å². The average molecular weight is 461 g/mol. The average Bonchev–Trinajstić information content (AvgIpc) is 2.85. The molecule has 0 saturated heterocycles. The molecule has 9 nitrogen and oxygen atoms in total. The Morgan fingerprint density at radius 3 is 1.30 bits per heavy atom. The molecule has 0 fully saturated rings. The number of alkyl carbamates (subject to hydrolysis) is 2. The normalized spacial score (nSPS) is 10.4. The molecule has 0 unspecified atom stereocenters. The minimum Gasteiger partial charge on any atom is -0.445 e. The number of carbonyl (C=O) groups excluding carboxylic acids is 2. The van der Waals surface area contributed by atoms with Crippen molar-refractivity contribution in [3.8, 4) is 0 Å². The van der Waals surface area contributed by atoms with E-state index in [-0.39, 0.29) is 13.2 Å². The van der Waals surface area contributed by atoms with E-state index >= 15 is 0 Å². The van der Waals surface area contributed by atoms with Gasteiger partial charge in [-0.3, -0.25) is 0 Å². The Hall–Kier alpha value is -3.14. The number of benzene rings is 2. The first kappa shape index (κ1) is 26.1. The molecule has 0 atom stereocenters. The van der Waals surface area contributed by atoms with Crippen molar-refractivity contribution in [2.45, 2.75) is 13.2 Å². The van der Waals surface area contributed by atoms with Crippen LogP contribution >= 0.6 is 0 Å². The van der Waals surface area contributed by atoms with Gasteiger partial charge < -0.3 is 34.3 Å². The molecule has 2 amide bonds. The zero-order chi connectivity index (χ0) is 23.4. The smallest absolute Gasteiger partial charge is 0.407 e. The molecule has 0 aliphatic heterocycles. The summed E-state index contributed by atoms with van der Waals surface area (Å²) >= 11 is 0. The summed E-state index contributed by atoms with van der Waals surface area (Å²) in [5.41, 5.74) is 1.87. The van der Waals surface area contributed by atoms with Crippen molar-refractivity contribution in [2.75, 3.05) is 52.7 Å². The first-order chi connectivity index (χ1) is 16.2. The highest BCUT2D eigenvalue weighted by molar-refractivity contribution is 5.67. The molecule has 33 heavy (non-hydrogen) atoms. The summed E-state index contributed by atoms with van der Waals surface area (Å²) in [7, 11) is 0. The molecule has 2 rings (SSSR count). The molecule has 180 valence electrons. The van der Waals surface area contributed by atoms with Crippen LogP contribution in [0.2, 0.25) is 0 Å². The van der Waals surface area contributed by atoms with E-state index in [1.165, 1.54) is 0 Å². The monoisotopic (exact) mass is 460 g/mol. The van der Waals surface area contributed by atoms with Crippen LogP contribution < -0.4 is 10.6 Å². The fraction of sp³-hybridized carbons (Fsp3) is 0.417. The summed E-state index contributed by atoms with van der Waals surface area (Å²) in [4.78, 5) is 23.1. The molecule has 0 radical (unpaired) electrons. The Labute approximate surface area is 194 Å². The Balaban J connectivity index is 1.29. The number of hydrogen-bond donors (Lipinski definition) is 2. The van der Waals surface area contributed by atoms with E-state index in [0.717, 1.165) is 11.1 Å². The van der Waals surface area contributed by atoms with Crippen LogP contribution in [0.3, 0.4) is 0 Å². The molecule has 2 N–H and O–H groups in total. The van der Waals surface area contributed by atoms with Gasteiger partial charge in [0.15, 0.2) is 0 Å². The van der Waals surface area contributed by atoms with Crippen molar-refractivity contribution in [1.29, 1.82) is 0 Å². The van der Waals surface area contributed by atoms with E-state index in [1.807, 2.05) is 60.7 Å². The minimum absolute atomic E-state index is 0.234. The molecule has 0 aromatic heterocycles. The van der Waals surface area contributed by atoms with E-state index in [4.69, 9.17) is 23.7 Å². The second-order valence-electron chi connectivity index (χ2n) is 6.81. The maximum absolute atomic E-state index is 11.6. The number of rotatable bonds is 16. The molecule has 0 aliphatic rings. The van der Waals surface area contributed by atoms with Crippen LogP contribution in [-0.2, 0) is 36.9 Å². The third kappa shape index (κ3) is 13.8. The Bertz CT molecular complexity index is 709. The van der Waals surface area contributed by atoms with Gasteiger partial charge in [0.25, 0.3) is 0 Å². The van der Waals surface area contributed by atoms with Gasteiger partial charge in [0, 0.05) is 13.1 Å². The van der Waals surface area contributed by atoms with E-state index in [9.17, 15) is 9.59 Å². The molecular weight excluding hydrogens is 428 g/mol. The third-order valence-electron chi connectivity index (χ3n) is 4.20. The van der Waals surface area contributed by atoms with Gasteiger partial charge in [-0.25, -0.2) is 9.59 Å². The molecule has 0 aliphatic carbocycles. The maximum atomic E-state index is 11.6. The highest BCUT2D eigenvalue weighted by Crippen LogP contribution is 2.01. The maximum Gasteiger partial charge on any atom is 0.407 e. The van der Waals surface area contributed by atoms with Crippen molar-refractivity contribution in [3.63, 3.8) is 0 Å². The summed E-state index contributed by atoms with van der Waals surface area (Å²) in [6.45, 7) is 3.59. The molecule has 9 heteroatoms. The van der Waals surface area contributed by atoms with Gasteiger partial charge in [-0.15, -0.1) is 0 Å². The SMILES string of the molecule is O=C(NCCOCCOCCOCCNC(=O)OCc1ccccc1)OCc1ccccc1. The van der Waals surface area contributed by atoms with Crippen molar-refractivity contribution >= 4 is 12.2 Å². The van der Waals surface area contributed by atoms with E-state index in [0.29, 0.717) is 52.7 Å². The lowest BCUT2D eigenvalue weighted by Gasteiger charge is -2.09. The summed E-state index contributed by atoms with van der Waals surface area (Å²) in [6, 6.07) is 18.9. The zero-order valence-corrected chi connectivity index (χ0v) is 18.7. The predicted octanol–water partition coefficient (Wildman–Crippen LogP) is 2.89. The van der Waals surface area contributed by atoms with Gasteiger partial charge in [-0.05, 0) is 11.1 Å². The largest absolute Gasteiger partial charge is 0.445 e. The van der Waals surface area contributed by atoms with Crippen LogP contribution in [0, 0.1) is 0 Å². The molecule has 2 aromatic rings. The Morgan fingerprint density at radius 1 is 0.545 bits per heavy atom. The molecular formula is C24H32N2O7. The zero-order valence-electron chi connectivity index (χ0n) is 18.7. The topological polar surface area (TPSA) is 104 Å². The van der Waals surface area contributed by atoms with Gasteiger partial charge in [0.2, 0.25) is 0 Å². The number of ether oxygens (including phenoxy) is 5. The van der Waals surface area contributed by atoms with Crippen molar-refractivity contribution < 1.29 is 33.3 Å². The first-order valence-corrected chi connectivity index (χ1v) is 10.9. The minimum atomic E-state index is -0.477. The molecule has 2 aromatic carbocycles. The molecule has 0 spiro atoms. The van der Waals surface area contributed by atoms with Gasteiger partial charge in [-0.1, -0.05) is 60.7 Å². The van der Waals surface area contributed by atoms with E-state index in [1.54, 1.807) is 0 Å². The standard InChI is InChI=1S/C24H32N2O7/c27-23(32-19-21-7-3-1-4-8-21)25-11-13-29-15-17-31-18-16-30-14-12-26-24(28)33-20-22-9-5-2-6-10-22/h1-10H,11-20H2,(H,25,27)(H,26,28).